The minimum Gasteiger partial charge on any atom is -0.366 e. The van der Waals surface area contributed by atoms with Crippen molar-refractivity contribution in [1.29, 1.82) is 0 Å². The van der Waals surface area contributed by atoms with Crippen LogP contribution in [-0.2, 0) is 0 Å². The Morgan fingerprint density at radius 3 is 3.10 bits per heavy atom. The van der Waals surface area contributed by atoms with Crippen LogP contribution >= 0.6 is 34.7 Å². The Morgan fingerprint density at radius 2 is 2.30 bits per heavy atom. The van der Waals surface area contributed by atoms with Crippen molar-refractivity contribution in [3.63, 3.8) is 0 Å². The van der Waals surface area contributed by atoms with Crippen molar-refractivity contribution in [3.05, 3.63) is 16.2 Å². The lowest BCUT2D eigenvalue weighted by Crippen LogP contribution is -2.26. The molecule has 1 aliphatic rings. The summed E-state index contributed by atoms with van der Waals surface area (Å²) >= 11 is 9.77. The Bertz CT molecular complexity index is 614. The fourth-order valence-corrected chi connectivity index (χ4v) is 5.10. The summed E-state index contributed by atoms with van der Waals surface area (Å²) in [6.45, 7) is 4.32. The van der Waals surface area contributed by atoms with Gasteiger partial charge in [-0.05, 0) is 43.2 Å². The number of halogens is 1. The van der Waals surface area contributed by atoms with Crippen LogP contribution in [0.1, 0.15) is 31.1 Å². The van der Waals surface area contributed by atoms with Crippen LogP contribution in [0.4, 0.5) is 5.82 Å². The number of hydrogen-bond donors (Lipinski definition) is 1. The van der Waals surface area contributed by atoms with Crippen LogP contribution in [0.3, 0.4) is 0 Å². The molecule has 0 aliphatic heterocycles. The van der Waals surface area contributed by atoms with Gasteiger partial charge < -0.3 is 5.32 Å². The molecule has 3 nitrogen and oxygen atoms in total. The van der Waals surface area contributed by atoms with Crippen LogP contribution in [-0.4, -0.2) is 27.0 Å². The number of aromatic nitrogens is 2. The summed E-state index contributed by atoms with van der Waals surface area (Å²) in [5.41, 5.74) is 0. The zero-order chi connectivity index (χ0) is 14.1. The molecule has 0 amide bonds. The van der Waals surface area contributed by atoms with Gasteiger partial charge in [-0.2, -0.15) is 11.8 Å². The SMILES string of the molecule is CCSC1CCCC1Nc1nc(Cl)nc2sc(C)cc12. The molecule has 2 atom stereocenters. The second-order valence-corrected chi connectivity index (χ2v) is 8.18. The van der Waals surface area contributed by atoms with Gasteiger partial charge >= 0.3 is 0 Å². The number of rotatable bonds is 4. The molecular formula is C14H18ClN3S2. The van der Waals surface area contributed by atoms with Gasteiger partial charge in [-0.1, -0.05) is 13.3 Å². The van der Waals surface area contributed by atoms with Crippen LogP contribution in [0.2, 0.25) is 5.28 Å². The first-order chi connectivity index (χ1) is 9.67. The maximum Gasteiger partial charge on any atom is 0.225 e. The predicted molar refractivity (Wildman–Crippen MR) is 90.3 cm³/mol. The third-order valence-corrected chi connectivity index (χ3v) is 6.08. The molecule has 0 spiro atoms. The topological polar surface area (TPSA) is 37.8 Å². The summed E-state index contributed by atoms with van der Waals surface area (Å²) < 4.78 is 0. The molecule has 2 heterocycles. The summed E-state index contributed by atoms with van der Waals surface area (Å²) in [6, 6.07) is 2.64. The van der Waals surface area contributed by atoms with E-state index in [-0.39, 0.29) is 0 Å². The lowest BCUT2D eigenvalue weighted by Gasteiger charge is -2.21. The number of thiophene rings is 1. The minimum atomic E-state index is 0.333. The number of anilines is 1. The number of hydrogen-bond acceptors (Lipinski definition) is 5. The lowest BCUT2D eigenvalue weighted by molar-refractivity contribution is 0.763. The molecule has 108 valence electrons. The van der Waals surface area contributed by atoms with E-state index in [9.17, 15) is 0 Å². The average molecular weight is 328 g/mol. The van der Waals surface area contributed by atoms with Crippen LogP contribution in [0, 0.1) is 6.92 Å². The second-order valence-electron chi connectivity index (χ2n) is 5.09. The molecule has 2 unspecified atom stereocenters. The van der Waals surface area contributed by atoms with Gasteiger partial charge in [0.25, 0.3) is 0 Å². The summed E-state index contributed by atoms with van der Waals surface area (Å²) in [6.07, 6.45) is 3.80. The highest BCUT2D eigenvalue weighted by atomic mass is 35.5. The third kappa shape index (κ3) is 2.90. The number of fused-ring (bicyclic) bond motifs is 1. The third-order valence-electron chi connectivity index (χ3n) is 3.64. The molecule has 1 N–H and O–H groups in total. The molecule has 6 heteroatoms. The highest BCUT2D eigenvalue weighted by Crippen LogP contribution is 2.35. The maximum atomic E-state index is 6.06. The normalized spacial score (nSPS) is 22.6. The first kappa shape index (κ1) is 14.4. The van der Waals surface area contributed by atoms with Gasteiger partial charge in [0.2, 0.25) is 5.28 Å². The average Bonchev–Trinajstić information content (AvgIpc) is 2.96. The first-order valence-corrected chi connectivity index (χ1v) is 9.23. The van der Waals surface area contributed by atoms with Crippen molar-refractivity contribution in [3.8, 4) is 0 Å². The zero-order valence-electron chi connectivity index (χ0n) is 11.6. The Kier molecular flexibility index (Phi) is 4.38. The Hall–Kier alpha value is -0.520. The number of nitrogens with one attached hydrogen (secondary N) is 1. The molecule has 1 fully saturated rings. The monoisotopic (exact) mass is 327 g/mol. The summed E-state index contributed by atoms with van der Waals surface area (Å²) in [5.74, 6) is 2.07. The van der Waals surface area contributed by atoms with E-state index in [0.29, 0.717) is 16.6 Å². The van der Waals surface area contributed by atoms with E-state index >= 15 is 0 Å². The quantitative estimate of drug-likeness (QED) is 0.823. The number of aryl methyl sites for hydroxylation is 1. The standard InChI is InChI=1S/C14H18ClN3S2/c1-3-19-11-6-4-5-10(11)16-12-9-7-8(2)20-13(9)18-14(15)17-12/h7,10-11H,3-6H2,1-2H3,(H,16,17,18). The molecule has 20 heavy (non-hydrogen) atoms. The molecule has 0 aromatic carbocycles. The molecule has 3 rings (SSSR count). The van der Waals surface area contributed by atoms with Gasteiger partial charge in [-0.25, -0.2) is 9.97 Å². The van der Waals surface area contributed by atoms with Gasteiger partial charge in [0, 0.05) is 16.2 Å². The zero-order valence-corrected chi connectivity index (χ0v) is 14.0. The number of nitrogens with zero attached hydrogens (tertiary/aromatic N) is 2. The lowest BCUT2D eigenvalue weighted by atomic mass is 10.2. The minimum absolute atomic E-state index is 0.333. The maximum absolute atomic E-state index is 6.06. The summed E-state index contributed by atoms with van der Waals surface area (Å²) in [7, 11) is 0. The Labute approximate surface area is 132 Å². The van der Waals surface area contributed by atoms with E-state index in [1.165, 1.54) is 29.9 Å². The number of thioether (sulfide) groups is 1. The van der Waals surface area contributed by atoms with Crippen molar-refractivity contribution >= 4 is 50.7 Å². The smallest absolute Gasteiger partial charge is 0.225 e. The van der Waals surface area contributed by atoms with Gasteiger partial charge in [0.1, 0.15) is 10.6 Å². The molecule has 1 aliphatic carbocycles. The molecule has 2 aromatic heterocycles. The van der Waals surface area contributed by atoms with E-state index in [4.69, 9.17) is 11.6 Å². The Morgan fingerprint density at radius 1 is 1.45 bits per heavy atom. The molecule has 2 aromatic rings. The van der Waals surface area contributed by atoms with Crippen molar-refractivity contribution < 1.29 is 0 Å². The van der Waals surface area contributed by atoms with Crippen molar-refractivity contribution in [1.82, 2.24) is 9.97 Å². The highest BCUT2D eigenvalue weighted by Gasteiger charge is 2.28. The molecule has 0 radical (unpaired) electrons. The molecule has 0 saturated heterocycles. The van der Waals surface area contributed by atoms with Crippen molar-refractivity contribution in [2.24, 2.45) is 0 Å². The van der Waals surface area contributed by atoms with Gasteiger partial charge in [-0.3, -0.25) is 0 Å². The molecule has 0 bridgehead atoms. The van der Waals surface area contributed by atoms with Gasteiger partial charge in [-0.15, -0.1) is 11.3 Å². The fraction of sp³-hybridized carbons (Fsp3) is 0.571. The van der Waals surface area contributed by atoms with E-state index in [0.717, 1.165) is 16.0 Å². The second kappa shape index (κ2) is 6.08. The van der Waals surface area contributed by atoms with E-state index in [1.54, 1.807) is 11.3 Å². The van der Waals surface area contributed by atoms with Crippen LogP contribution < -0.4 is 5.32 Å². The van der Waals surface area contributed by atoms with E-state index in [2.05, 4.69) is 35.2 Å². The Balaban J connectivity index is 1.90. The van der Waals surface area contributed by atoms with Crippen molar-refractivity contribution in [2.75, 3.05) is 11.1 Å². The van der Waals surface area contributed by atoms with E-state index < -0.39 is 0 Å². The van der Waals surface area contributed by atoms with Crippen LogP contribution in [0.15, 0.2) is 6.07 Å². The largest absolute Gasteiger partial charge is 0.366 e. The van der Waals surface area contributed by atoms with Crippen molar-refractivity contribution in [2.45, 2.75) is 44.4 Å². The van der Waals surface area contributed by atoms with Crippen LogP contribution in [0.5, 0.6) is 0 Å². The molecule has 1 saturated carbocycles. The first-order valence-electron chi connectivity index (χ1n) is 6.99. The van der Waals surface area contributed by atoms with Crippen LogP contribution in [0.25, 0.3) is 10.2 Å². The fourth-order valence-electron chi connectivity index (χ4n) is 2.81. The molecular weight excluding hydrogens is 310 g/mol. The predicted octanol–water partition coefficient (Wildman–Crippen LogP) is 4.74. The highest BCUT2D eigenvalue weighted by molar-refractivity contribution is 7.99. The van der Waals surface area contributed by atoms with Gasteiger partial charge in [0.15, 0.2) is 0 Å². The summed E-state index contributed by atoms with van der Waals surface area (Å²) in [4.78, 5) is 10.9. The van der Waals surface area contributed by atoms with Gasteiger partial charge in [0.05, 0.1) is 5.39 Å². The summed E-state index contributed by atoms with van der Waals surface area (Å²) in [5, 5.41) is 5.74. The van der Waals surface area contributed by atoms with E-state index in [1.807, 2.05) is 11.8 Å².